The molecule has 5 N–H and O–H groups in total. The number of nitrogens with zero attached hydrogens (tertiary/aromatic N) is 1. The summed E-state index contributed by atoms with van der Waals surface area (Å²) in [6.07, 6.45) is -5.49. The van der Waals surface area contributed by atoms with Gasteiger partial charge in [-0.25, -0.2) is 4.79 Å². The molecular formula is C33H49N3O11. The Balaban J connectivity index is 2.25. The first-order chi connectivity index (χ1) is 21.7. The monoisotopic (exact) mass is 663 g/mol. The predicted molar refractivity (Wildman–Crippen MR) is 170 cm³/mol. The van der Waals surface area contributed by atoms with E-state index in [1.807, 2.05) is 13.8 Å². The summed E-state index contributed by atoms with van der Waals surface area (Å²) in [7, 11) is 0. The molecule has 2 amide bonds. The quantitative estimate of drug-likeness (QED) is 0.105. The summed E-state index contributed by atoms with van der Waals surface area (Å²) in [6, 6.07) is 2.77. The summed E-state index contributed by atoms with van der Waals surface area (Å²) in [5, 5.41) is 38.4. The number of aliphatic carboxylic acids is 1. The summed E-state index contributed by atoms with van der Waals surface area (Å²) in [5.74, 6) is -2.77. The first-order valence-corrected chi connectivity index (χ1v) is 15.5. The highest BCUT2D eigenvalue weighted by Crippen LogP contribution is 2.39. The molecule has 1 aliphatic heterocycles. The topological polar surface area (TPSA) is 210 Å². The van der Waals surface area contributed by atoms with Crippen LogP contribution in [0.3, 0.4) is 0 Å². The van der Waals surface area contributed by atoms with Crippen LogP contribution in [-0.4, -0.2) is 69.7 Å². The second kappa shape index (κ2) is 16.3. The number of rotatable bonds is 15. The molecule has 14 nitrogen and oxygen atoms in total. The number of amides is 2. The number of aliphatic hydroxyl groups excluding tert-OH is 2. The molecule has 5 atom stereocenters. The highest BCUT2D eigenvalue weighted by molar-refractivity contribution is 5.90. The van der Waals surface area contributed by atoms with Gasteiger partial charge in [0, 0.05) is 29.3 Å². The SMILES string of the molecule is C/C(=C\C(=O)NCc1cc(COC(=O)C(C)C)ccc1OC1OC(C(=O)O)C(N=O)C(O)C1O)NC(=O)C(C)(C)CC(C)(C)C(C)C. The van der Waals surface area contributed by atoms with Crippen LogP contribution in [0.2, 0.25) is 0 Å². The molecule has 1 heterocycles. The molecule has 262 valence electrons. The summed E-state index contributed by atoms with van der Waals surface area (Å²) in [4.78, 5) is 60.7. The van der Waals surface area contributed by atoms with Crippen molar-refractivity contribution in [3.8, 4) is 5.75 Å². The number of hydrogen-bond donors (Lipinski definition) is 5. The van der Waals surface area contributed by atoms with Crippen molar-refractivity contribution in [3.63, 3.8) is 0 Å². The standard InChI is InChI=1S/C33H49N3O11/c1-17(2)29(42)45-15-20-10-11-22(46-30-26(39)25(38)24(36-44)27(47-30)28(40)41)21(13-20)14-34-23(37)12-19(5)35-31(43)33(8,9)16-32(6,7)18(3)4/h10-13,17-18,24-27,30,38-39H,14-16H2,1-9H3,(H,34,37)(H,35,43)(H,40,41)/b19-12+. The second-order valence-corrected chi connectivity index (χ2v) is 13.9. The van der Waals surface area contributed by atoms with Gasteiger partial charge in [0.1, 0.15) is 24.6 Å². The highest BCUT2D eigenvalue weighted by Gasteiger charge is 2.50. The average Bonchev–Trinajstić information content (AvgIpc) is 2.96. The number of nitrogens with one attached hydrogen (secondary N) is 2. The van der Waals surface area contributed by atoms with E-state index >= 15 is 0 Å². The van der Waals surface area contributed by atoms with Crippen LogP contribution in [0.4, 0.5) is 0 Å². The molecule has 1 aromatic rings. The summed E-state index contributed by atoms with van der Waals surface area (Å²) < 4.78 is 16.3. The van der Waals surface area contributed by atoms with E-state index in [1.165, 1.54) is 12.1 Å². The molecule has 0 bridgehead atoms. The predicted octanol–water partition coefficient (Wildman–Crippen LogP) is 3.17. The first-order valence-electron chi connectivity index (χ1n) is 15.5. The zero-order chi connectivity index (χ0) is 35.9. The number of esters is 1. The summed E-state index contributed by atoms with van der Waals surface area (Å²) in [5.41, 5.74) is 0.373. The van der Waals surface area contributed by atoms with Crippen molar-refractivity contribution in [2.24, 2.45) is 27.8 Å². The Kier molecular flexibility index (Phi) is 13.6. The van der Waals surface area contributed by atoms with E-state index in [4.69, 9.17) is 14.2 Å². The largest absolute Gasteiger partial charge is 0.479 e. The van der Waals surface area contributed by atoms with Gasteiger partial charge in [0.15, 0.2) is 12.1 Å². The van der Waals surface area contributed by atoms with Gasteiger partial charge in [0.2, 0.25) is 18.1 Å². The zero-order valence-electron chi connectivity index (χ0n) is 28.5. The van der Waals surface area contributed by atoms with Crippen molar-refractivity contribution < 1.29 is 48.7 Å². The third-order valence-electron chi connectivity index (χ3n) is 8.34. The highest BCUT2D eigenvalue weighted by atomic mass is 16.7. The van der Waals surface area contributed by atoms with Crippen molar-refractivity contribution in [3.05, 3.63) is 46.0 Å². The number of ether oxygens (including phenoxy) is 3. The van der Waals surface area contributed by atoms with Crippen molar-refractivity contribution in [1.29, 1.82) is 0 Å². The number of nitroso groups, excluding NO2 is 1. The van der Waals surface area contributed by atoms with E-state index in [1.54, 1.807) is 32.9 Å². The Morgan fingerprint density at radius 3 is 2.26 bits per heavy atom. The lowest BCUT2D eigenvalue weighted by molar-refractivity contribution is -0.244. The van der Waals surface area contributed by atoms with Crippen molar-refractivity contribution in [2.75, 3.05) is 0 Å². The minimum atomic E-state index is -1.89. The number of carbonyl (C=O) groups excluding carboxylic acids is 3. The maximum absolute atomic E-state index is 13.1. The van der Waals surface area contributed by atoms with Gasteiger partial charge in [-0.3, -0.25) is 14.4 Å². The molecule has 0 saturated carbocycles. The van der Waals surface area contributed by atoms with E-state index in [-0.39, 0.29) is 36.1 Å². The van der Waals surface area contributed by atoms with Crippen molar-refractivity contribution in [1.82, 2.24) is 10.6 Å². The number of benzene rings is 1. The maximum Gasteiger partial charge on any atom is 0.335 e. The fraction of sp³-hybridized carbons (Fsp3) is 0.636. The van der Waals surface area contributed by atoms with Crippen LogP contribution in [0.1, 0.15) is 79.9 Å². The van der Waals surface area contributed by atoms with E-state index < -0.39 is 53.9 Å². The Hall–Kier alpha value is -3.88. The lowest BCUT2D eigenvalue weighted by Crippen LogP contribution is -2.60. The molecule has 1 saturated heterocycles. The van der Waals surface area contributed by atoms with Crippen LogP contribution in [0, 0.1) is 27.6 Å². The van der Waals surface area contributed by atoms with E-state index in [0.29, 0.717) is 29.2 Å². The molecule has 2 rings (SSSR count). The number of carboxylic acids is 1. The number of carbonyl (C=O) groups is 4. The maximum atomic E-state index is 13.1. The van der Waals surface area contributed by atoms with E-state index in [0.717, 1.165) is 0 Å². The number of aliphatic hydroxyl groups is 2. The first kappa shape index (κ1) is 39.3. The molecule has 0 aromatic heterocycles. The molecule has 47 heavy (non-hydrogen) atoms. The van der Waals surface area contributed by atoms with Gasteiger partial charge < -0.3 is 40.2 Å². The van der Waals surface area contributed by atoms with Crippen LogP contribution in [0.5, 0.6) is 5.75 Å². The van der Waals surface area contributed by atoms with Gasteiger partial charge in [-0.05, 0) is 42.4 Å². The van der Waals surface area contributed by atoms with Gasteiger partial charge in [-0.1, -0.05) is 66.6 Å². The zero-order valence-corrected chi connectivity index (χ0v) is 28.5. The molecule has 14 heteroatoms. The normalized spacial score (nSPS) is 22.1. The molecule has 1 fully saturated rings. The second-order valence-electron chi connectivity index (χ2n) is 13.9. The molecule has 0 aliphatic carbocycles. The van der Waals surface area contributed by atoms with Crippen LogP contribution in [0.25, 0.3) is 0 Å². The van der Waals surface area contributed by atoms with E-state index in [2.05, 4.69) is 43.5 Å². The van der Waals surface area contributed by atoms with Crippen molar-refractivity contribution >= 4 is 23.8 Å². The van der Waals surface area contributed by atoms with Crippen LogP contribution >= 0.6 is 0 Å². The van der Waals surface area contributed by atoms with Crippen LogP contribution in [-0.2, 0) is 41.8 Å². The fourth-order valence-electron chi connectivity index (χ4n) is 4.93. The Labute approximate surface area is 275 Å². The molecular weight excluding hydrogens is 614 g/mol. The van der Waals surface area contributed by atoms with Crippen molar-refractivity contribution in [2.45, 2.75) is 113 Å². The van der Waals surface area contributed by atoms with Gasteiger partial charge in [0.25, 0.3) is 0 Å². The number of carboxylic acid groups (broad SMARTS) is 1. The molecule has 0 radical (unpaired) electrons. The summed E-state index contributed by atoms with van der Waals surface area (Å²) >= 11 is 0. The third-order valence-corrected chi connectivity index (χ3v) is 8.34. The Morgan fingerprint density at radius 2 is 1.70 bits per heavy atom. The number of allylic oxidation sites excluding steroid dienone is 1. The van der Waals surface area contributed by atoms with Crippen LogP contribution < -0.4 is 15.4 Å². The number of hydrogen-bond acceptors (Lipinski definition) is 11. The molecule has 5 unspecified atom stereocenters. The van der Waals surface area contributed by atoms with Gasteiger partial charge >= 0.3 is 11.9 Å². The Bertz CT molecular complexity index is 1340. The fourth-order valence-corrected chi connectivity index (χ4v) is 4.93. The Morgan fingerprint density at radius 1 is 1.06 bits per heavy atom. The molecule has 1 aromatic carbocycles. The lowest BCUT2D eigenvalue weighted by atomic mass is 9.69. The van der Waals surface area contributed by atoms with Gasteiger partial charge in [-0.15, -0.1) is 0 Å². The van der Waals surface area contributed by atoms with Gasteiger partial charge in [-0.2, -0.15) is 4.91 Å². The summed E-state index contributed by atoms with van der Waals surface area (Å²) in [6.45, 7) is 16.8. The smallest absolute Gasteiger partial charge is 0.335 e. The van der Waals surface area contributed by atoms with Crippen LogP contribution in [0.15, 0.2) is 35.1 Å². The minimum Gasteiger partial charge on any atom is -0.479 e. The lowest BCUT2D eigenvalue weighted by Gasteiger charge is -2.38. The van der Waals surface area contributed by atoms with E-state index in [9.17, 15) is 39.4 Å². The molecule has 1 aliphatic rings. The third kappa shape index (κ3) is 10.8. The van der Waals surface area contributed by atoms with Gasteiger partial charge in [0.05, 0.1) is 5.92 Å². The minimum absolute atomic E-state index is 0.0330. The molecule has 0 spiro atoms. The average molecular weight is 664 g/mol.